The summed E-state index contributed by atoms with van der Waals surface area (Å²) in [5.74, 6) is 0.856. The fourth-order valence-corrected chi connectivity index (χ4v) is 3.87. The highest BCUT2D eigenvalue weighted by atomic mass is 16.4. The molecule has 0 radical (unpaired) electrons. The topological polar surface area (TPSA) is 66.7 Å². The summed E-state index contributed by atoms with van der Waals surface area (Å²) in [6.45, 7) is 8.03. The maximum Gasteiger partial charge on any atom is 0.276 e. The van der Waals surface area contributed by atoms with E-state index in [0.717, 1.165) is 18.5 Å². The van der Waals surface area contributed by atoms with Crippen LogP contribution < -0.4 is 0 Å². The van der Waals surface area contributed by atoms with Gasteiger partial charge in [-0.05, 0) is 31.6 Å². The minimum absolute atomic E-state index is 0.0221. The van der Waals surface area contributed by atoms with Crippen molar-refractivity contribution >= 4 is 11.8 Å². The number of aromatic nitrogens is 1. The van der Waals surface area contributed by atoms with Crippen LogP contribution in [0.5, 0.6) is 0 Å². The molecule has 0 bridgehead atoms. The van der Waals surface area contributed by atoms with Crippen molar-refractivity contribution in [1.29, 1.82) is 0 Å². The summed E-state index contributed by atoms with van der Waals surface area (Å²) in [6, 6.07) is 9.55. The number of benzene rings is 1. The monoisotopic (exact) mass is 351 g/mol. The van der Waals surface area contributed by atoms with Crippen LogP contribution in [0.2, 0.25) is 0 Å². The maximum absolute atomic E-state index is 12.8. The van der Waals surface area contributed by atoms with Gasteiger partial charge in [0, 0.05) is 37.2 Å². The van der Waals surface area contributed by atoms with Crippen molar-refractivity contribution < 1.29 is 14.0 Å². The number of likely N-dealkylation sites (tertiary alicyclic amines) is 2. The van der Waals surface area contributed by atoms with E-state index in [1.807, 2.05) is 35.2 Å². The Balaban J connectivity index is 1.45. The van der Waals surface area contributed by atoms with Crippen LogP contribution in [0, 0.1) is 12.3 Å². The largest absolute Gasteiger partial charge is 0.441 e. The Labute approximate surface area is 152 Å². The summed E-state index contributed by atoms with van der Waals surface area (Å²) >= 11 is 0. The Hall–Kier alpha value is -2.89. The van der Waals surface area contributed by atoms with Crippen LogP contribution in [0.1, 0.15) is 22.7 Å². The highest BCUT2D eigenvalue weighted by Crippen LogP contribution is 2.40. The molecular weight excluding hydrogens is 330 g/mol. The van der Waals surface area contributed by atoms with Crippen molar-refractivity contribution in [3.63, 3.8) is 0 Å². The molecule has 2 aliphatic rings. The highest BCUT2D eigenvalue weighted by Gasteiger charge is 2.50. The summed E-state index contributed by atoms with van der Waals surface area (Å²) in [5.41, 5.74) is 1.24. The van der Waals surface area contributed by atoms with Crippen LogP contribution in [-0.2, 0) is 4.79 Å². The first-order chi connectivity index (χ1) is 12.5. The molecule has 2 aliphatic heterocycles. The smallest absolute Gasteiger partial charge is 0.276 e. The van der Waals surface area contributed by atoms with E-state index in [-0.39, 0.29) is 17.2 Å². The average Bonchev–Trinajstić information content (AvgIpc) is 3.24. The predicted octanol–water partition coefficient (Wildman–Crippen LogP) is 2.51. The SMILES string of the molecule is C=CC(=O)N1CCC2(C1)CN(C(=O)c1nc(-c3ccccc3)oc1C)C2. The molecule has 6 nitrogen and oxygen atoms in total. The first-order valence-electron chi connectivity index (χ1n) is 8.75. The molecule has 3 heterocycles. The van der Waals surface area contributed by atoms with Gasteiger partial charge >= 0.3 is 0 Å². The second-order valence-electron chi connectivity index (χ2n) is 7.16. The molecule has 1 spiro atoms. The number of hydrogen-bond donors (Lipinski definition) is 0. The third-order valence-corrected chi connectivity index (χ3v) is 5.28. The number of carbonyl (C=O) groups excluding carboxylic acids is 2. The van der Waals surface area contributed by atoms with Gasteiger partial charge in [0.05, 0.1) is 0 Å². The zero-order valence-corrected chi connectivity index (χ0v) is 14.8. The molecule has 2 amide bonds. The molecule has 2 aromatic rings. The van der Waals surface area contributed by atoms with Crippen LogP contribution >= 0.6 is 0 Å². The summed E-state index contributed by atoms with van der Waals surface area (Å²) in [7, 11) is 0. The minimum Gasteiger partial charge on any atom is -0.441 e. The van der Waals surface area contributed by atoms with E-state index in [1.54, 1.807) is 11.8 Å². The van der Waals surface area contributed by atoms with Crippen LogP contribution in [0.15, 0.2) is 47.4 Å². The lowest BCUT2D eigenvalue weighted by molar-refractivity contribution is -0.125. The van der Waals surface area contributed by atoms with Crippen molar-refractivity contribution in [2.75, 3.05) is 26.2 Å². The van der Waals surface area contributed by atoms with E-state index in [9.17, 15) is 9.59 Å². The van der Waals surface area contributed by atoms with Gasteiger partial charge in [0.25, 0.3) is 5.91 Å². The number of carbonyl (C=O) groups is 2. The lowest BCUT2D eigenvalue weighted by Gasteiger charge is -2.47. The molecule has 4 rings (SSSR count). The third-order valence-electron chi connectivity index (χ3n) is 5.28. The van der Waals surface area contributed by atoms with Gasteiger partial charge in [0.15, 0.2) is 5.69 Å². The standard InChI is InChI=1S/C20H21N3O3/c1-3-16(24)22-10-9-20(11-22)12-23(13-20)19(25)17-14(2)26-18(21-17)15-7-5-4-6-8-15/h3-8H,1,9-13H2,2H3. The fourth-order valence-electron chi connectivity index (χ4n) is 3.87. The lowest BCUT2D eigenvalue weighted by Crippen LogP contribution is -2.59. The number of oxazole rings is 1. The molecule has 2 saturated heterocycles. The van der Waals surface area contributed by atoms with E-state index < -0.39 is 0 Å². The second-order valence-corrected chi connectivity index (χ2v) is 7.16. The maximum atomic E-state index is 12.8. The normalized spacial score (nSPS) is 18.0. The second kappa shape index (κ2) is 6.12. The van der Waals surface area contributed by atoms with E-state index >= 15 is 0 Å². The van der Waals surface area contributed by atoms with E-state index in [0.29, 0.717) is 37.0 Å². The molecule has 26 heavy (non-hydrogen) atoms. The Bertz CT molecular complexity index is 866. The van der Waals surface area contributed by atoms with Gasteiger partial charge in [-0.15, -0.1) is 0 Å². The van der Waals surface area contributed by atoms with Crippen LogP contribution in [0.25, 0.3) is 11.5 Å². The molecule has 0 N–H and O–H groups in total. The van der Waals surface area contributed by atoms with Gasteiger partial charge in [-0.25, -0.2) is 4.98 Å². The molecular formula is C20H21N3O3. The molecule has 0 saturated carbocycles. The molecule has 2 fully saturated rings. The summed E-state index contributed by atoms with van der Waals surface area (Å²) in [4.78, 5) is 32.6. The number of hydrogen-bond acceptors (Lipinski definition) is 4. The van der Waals surface area contributed by atoms with Crippen molar-refractivity contribution in [1.82, 2.24) is 14.8 Å². The molecule has 1 aromatic heterocycles. The zero-order valence-electron chi connectivity index (χ0n) is 14.8. The number of nitrogens with zero attached hydrogens (tertiary/aromatic N) is 3. The van der Waals surface area contributed by atoms with Crippen molar-refractivity contribution in [3.8, 4) is 11.5 Å². The zero-order chi connectivity index (χ0) is 18.3. The van der Waals surface area contributed by atoms with Crippen molar-refractivity contribution in [2.24, 2.45) is 5.41 Å². The highest BCUT2D eigenvalue weighted by molar-refractivity contribution is 5.94. The first kappa shape index (κ1) is 16.6. The van der Waals surface area contributed by atoms with Gasteiger partial charge in [-0.2, -0.15) is 0 Å². The average molecular weight is 351 g/mol. The molecule has 134 valence electrons. The number of rotatable bonds is 3. The fraction of sp³-hybridized carbons (Fsp3) is 0.350. The third kappa shape index (κ3) is 2.71. The Kier molecular flexibility index (Phi) is 3.90. The molecule has 6 heteroatoms. The van der Waals surface area contributed by atoms with Gasteiger partial charge < -0.3 is 14.2 Å². The van der Waals surface area contributed by atoms with E-state index in [2.05, 4.69) is 11.6 Å². The van der Waals surface area contributed by atoms with Gasteiger partial charge in [-0.3, -0.25) is 9.59 Å². The summed E-state index contributed by atoms with van der Waals surface area (Å²) < 4.78 is 5.70. The predicted molar refractivity (Wildman–Crippen MR) is 96.4 cm³/mol. The quantitative estimate of drug-likeness (QED) is 0.797. The molecule has 0 atom stereocenters. The van der Waals surface area contributed by atoms with Crippen LogP contribution in [0.3, 0.4) is 0 Å². The minimum atomic E-state index is -0.104. The van der Waals surface area contributed by atoms with Gasteiger partial charge in [0.2, 0.25) is 11.8 Å². The van der Waals surface area contributed by atoms with Crippen molar-refractivity contribution in [2.45, 2.75) is 13.3 Å². The van der Waals surface area contributed by atoms with E-state index in [1.165, 1.54) is 6.08 Å². The number of amides is 2. The molecule has 0 unspecified atom stereocenters. The van der Waals surface area contributed by atoms with Crippen molar-refractivity contribution in [3.05, 3.63) is 54.4 Å². The van der Waals surface area contributed by atoms with Crippen LogP contribution in [0.4, 0.5) is 0 Å². The Morgan fingerprint density at radius 1 is 1.19 bits per heavy atom. The summed E-state index contributed by atoms with van der Waals surface area (Å²) in [5, 5.41) is 0. The van der Waals surface area contributed by atoms with Gasteiger partial charge in [-0.1, -0.05) is 24.8 Å². The molecule has 1 aromatic carbocycles. The lowest BCUT2D eigenvalue weighted by atomic mass is 9.79. The summed E-state index contributed by atoms with van der Waals surface area (Å²) in [6.07, 6.45) is 2.27. The number of aryl methyl sites for hydroxylation is 1. The molecule has 0 aliphatic carbocycles. The Morgan fingerprint density at radius 2 is 1.88 bits per heavy atom. The van der Waals surface area contributed by atoms with Gasteiger partial charge in [0.1, 0.15) is 5.76 Å². The van der Waals surface area contributed by atoms with E-state index in [4.69, 9.17) is 4.42 Å². The Morgan fingerprint density at radius 3 is 2.58 bits per heavy atom. The van der Waals surface area contributed by atoms with Crippen LogP contribution in [-0.4, -0.2) is 52.8 Å². The first-order valence-corrected chi connectivity index (χ1v) is 8.75.